The number of hydrogen-bond donors (Lipinski definition) is 1. The number of ether oxygens (including phenoxy) is 1. The van der Waals surface area contributed by atoms with Gasteiger partial charge in [-0.05, 0) is 43.3 Å². The summed E-state index contributed by atoms with van der Waals surface area (Å²) in [5.41, 5.74) is 2.13. The fourth-order valence-electron chi connectivity index (χ4n) is 2.75. The summed E-state index contributed by atoms with van der Waals surface area (Å²) in [5, 5.41) is 3.91. The fraction of sp³-hybridized carbons (Fsp3) is 0.200. The molecule has 1 N–H and O–H groups in total. The first-order valence-corrected chi connectivity index (χ1v) is 10.1. The number of nitrogens with one attached hydrogen (secondary N) is 1. The molecule has 1 atom stereocenters. The molecule has 7 heteroatoms. The predicted octanol–water partition coefficient (Wildman–Crippen LogP) is 3.10. The highest BCUT2D eigenvalue weighted by Gasteiger charge is 2.24. The number of carbonyl (C=O) groups is 2. The van der Waals surface area contributed by atoms with Crippen LogP contribution in [0.25, 0.3) is 0 Å². The lowest BCUT2D eigenvalue weighted by Crippen LogP contribution is -2.15. The van der Waals surface area contributed by atoms with Gasteiger partial charge in [0.05, 0.1) is 12.2 Å². The summed E-state index contributed by atoms with van der Waals surface area (Å²) in [6.07, 6.45) is 1.52. The molecular formula is C20H19NO5S. The number of benzene rings is 2. The van der Waals surface area contributed by atoms with Gasteiger partial charge >= 0.3 is 5.97 Å². The van der Waals surface area contributed by atoms with Crippen LogP contribution >= 0.6 is 0 Å². The van der Waals surface area contributed by atoms with Crippen molar-refractivity contribution in [2.24, 2.45) is 5.92 Å². The number of aryl methyl sites for hydroxylation is 1. The summed E-state index contributed by atoms with van der Waals surface area (Å²) >= 11 is 0. The van der Waals surface area contributed by atoms with E-state index in [1.54, 1.807) is 36.4 Å². The summed E-state index contributed by atoms with van der Waals surface area (Å²) in [6, 6.07) is 13.7. The molecule has 0 spiro atoms. The van der Waals surface area contributed by atoms with E-state index in [-0.39, 0.29) is 24.0 Å². The van der Waals surface area contributed by atoms with Crippen LogP contribution in [0, 0.1) is 12.8 Å². The molecule has 1 aliphatic rings. The van der Waals surface area contributed by atoms with E-state index >= 15 is 0 Å². The highest BCUT2D eigenvalue weighted by molar-refractivity contribution is 7.94. The van der Waals surface area contributed by atoms with Gasteiger partial charge in [0.2, 0.25) is 0 Å². The fourth-order valence-corrected chi connectivity index (χ4v) is 4.15. The lowest BCUT2D eigenvalue weighted by molar-refractivity contribution is -0.134. The molecule has 1 amide bonds. The lowest BCUT2D eigenvalue weighted by Gasteiger charge is -2.09. The Balaban J connectivity index is 1.55. The molecule has 0 radical (unpaired) electrons. The zero-order chi connectivity index (χ0) is 19.4. The van der Waals surface area contributed by atoms with Crippen molar-refractivity contribution in [2.45, 2.75) is 13.3 Å². The minimum Gasteiger partial charge on any atom is -0.427 e. The Morgan fingerprint density at radius 3 is 2.52 bits per heavy atom. The Labute approximate surface area is 157 Å². The number of carbonyl (C=O) groups excluding carboxylic acids is 2. The monoisotopic (exact) mass is 385 g/mol. The third kappa shape index (κ3) is 5.27. The normalized spacial score (nSPS) is 17.4. The Kier molecular flexibility index (Phi) is 5.41. The van der Waals surface area contributed by atoms with Crippen LogP contribution in [0.4, 0.5) is 5.69 Å². The van der Waals surface area contributed by atoms with E-state index in [1.165, 1.54) is 6.08 Å². The Hall–Kier alpha value is -2.93. The Morgan fingerprint density at radius 2 is 1.89 bits per heavy atom. The molecule has 1 heterocycles. The van der Waals surface area contributed by atoms with Crippen LogP contribution in [0.2, 0.25) is 0 Å². The molecule has 27 heavy (non-hydrogen) atoms. The maximum atomic E-state index is 12.2. The maximum Gasteiger partial charge on any atom is 0.311 e. The standard InChI is InChI=1S/C20H19NO5S/c1-14-3-2-4-16(11-14)20(23)21-17-5-7-18(8-6-17)26-19(22)12-15-9-10-27(24,25)13-15/h2-11,15H,12-13H2,1H3,(H,21,23)/t15-/m0/s1. The van der Waals surface area contributed by atoms with E-state index in [9.17, 15) is 18.0 Å². The SMILES string of the molecule is Cc1cccc(C(=O)Nc2ccc(OC(=O)C[C@@H]3C=CS(=O)(=O)C3)cc2)c1. The molecule has 1 aliphatic heterocycles. The second-order valence-electron chi connectivity index (χ2n) is 6.44. The summed E-state index contributed by atoms with van der Waals surface area (Å²) in [6.45, 7) is 1.91. The van der Waals surface area contributed by atoms with Crippen LogP contribution in [-0.4, -0.2) is 26.0 Å². The van der Waals surface area contributed by atoms with Gasteiger partial charge in [0.1, 0.15) is 5.75 Å². The summed E-state index contributed by atoms with van der Waals surface area (Å²) in [4.78, 5) is 24.2. The molecule has 0 fully saturated rings. The van der Waals surface area contributed by atoms with Crippen molar-refractivity contribution in [1.82, 2.24) is 0 Å². The molecule has 6 nitrogen and oxygen atoms in total. The number of hydrogen-bond acceptors (Lipinski definition) is 5. The van der Waals surface area contributed by atoms with Crippen LogP contribution in [0.1, 0.15) is 22.3 Å². The second kappa shape index (κ2) is 7.75. The molecule has 2 aromatic carbocycles. The van der Waals surface area contributed by atoms with Gasteiger partial charge in [-0.2, -0.15) is 0 Å². The van der Waals surface area contributed by atoms with Crippen LogP contribution in [0.5, 0.6) is 5.75 Å². The van der Waals surface area contributed by atoms with Gasteiger partial charge < -0.3 is 10.1 Å². The van der Waals surface area contributed by atoms with Crippen molar-refractivity contribution in [2.75, 3.05) is 11.1 Å². The minimum atomic E-state index is -3.19. The van der Waals surface area contributed by atoms with Gasteiger partial charge in [0.15, 0.2) is 9.84 Å². The molecule has 0 bridgehead atoms. The van der Waals surface area contributed by atoms with Gasteiger partial charge in [0, 0.05) is 22.6 Å². The van der Waals surface area contributed by atoms with Crippen LogP contribution in [-0.2, 0) is 14.6 Å². The molecule has 0 saturated carbocycles. The Morgan fingerprint density at radius 1 is 1.15 bits per heavy atom. The van der Waals surface area contributed by atoms with Crippen molar-refractivity contribution in [3.05, 3.63) is 71.1 Å². The van der Waals surface area contributed by atoms with Gasteiger partial charge in [-0.25, -0.2) is 8.42 Å². The molecule has 140 valence electrons. The molecule has 0 aliphatic carbocycles. The Bertz CT molecular complexity index is 993. The third-order valence-corrected chi connectivity index (χ3v) is 5.52. The van der Waals surface area contributed by atoms with Crippen LogP contribution < -0.4 is 10.1 Å². The number of anilines is 1. The maximum absolute atomic E-state index is 12.2. The largest absolute Gasteiger partial charge is 0.427 e. The number of rotatable bonds is 5. The number of sulfone groups is 1. The lowest BCUT2D eigenvalue weighted by atomic mass is 10.1. The van der Waals surface area contributed by atoms with E-state index in [2.05, 4.69) is 5.32 Å². The van der Waals surface area contributed by atoms with Crippen molar-refractivity contribution < 1.29 is 22.7 Å². The smallest absolute Gasteiger partial charge is 0.311 e. The van der Waals surface area contributed by atoms with Crippen molar-refractivity contribution in [3.8, 4) is 5.75 Å². The second-order valence-corrected chi connectivity index (χ2v) is 8.38. The predicted molar refractivity (Wildman–Crippen MR) is 102 cm³/mol. The number of allylic oxidation sites excluding steroid dienone is 1. The van der Waals surface area contributed by atoms with Crippen molar-refractivity contribution in [3.63, 3.8) is 0 Å². The first kappa shape index (κ1) is 18.8. The van der Waals surface area contributed by atoms with E-state index in [1.807, 2.05) is 19.1 Å². The van der Waals surface area contributed by atoms with Gasteiger partial charge in [-0.1, -0.05) is 23.8 Å². The van der Waals surface area contributed by atoms with E-state index in [4.69, 9.17) is 4.74 Å². The number of esters is 1. The zero-order valence-electron chi connectivity index (χ0n) is 14.7. The minimum absolute atomic E-state index is 0.00156. The van der Waals surface area contributed by atoms with E-state index < -0.39 is 15.8 Å². The van der Waals surface area contributed by atoms with Gasteiger partial charge in [-0.15, -0.1) is 0 Å². The molecule has 2 aromatic rings. The molecule has 0 saturated heterocycles. The summed E-state index contributed by atoms with van der Waals surface area (Å²) in [7, 11) is -3.19. The van der Waals surface area contributed by atoms with Gasteiger partial charge in [0.25, 0.3) is 5.91 Å². The van der Waals surface area contributed by atoms with Crippen molar-refractivity contribution >= 4 is 27.4 Å². The van der Waals surface area contributed by atoms with E-state index in [0.29, 0.717) is 17.0 Å². The van der Waals surface area contributed by atoms with Gasteiger partial charge in [-0.3, -0.25) is 9.59 Å². The summed E-state index contributed by atoms with van der Waals surface area (Å²) in [5.74, 6) is -0.809. The molecule has 0 unspecified atom stereocenters. The van der Waals surface area contributed by atoms with E-state index in [0.717, 1.165) is 11.0 Å². The highest BCUT2D eigenvalue weighted by atomic mass is 32.2. The van der Waals surface area contributed by atoms with Crippen LogP contribution in [0.15, 0.2) is 60.0 Å². The first-order valence-electron chi connectivity index (χ1n) is 8.40. The van der Waals surface area contributed by atoms with Crippen molar-refractivity contribution in [1.29, 1.82) is 0 Å². The average molecular weight is 385 g/mol. The zero-order valence-corrected chi connectivity index (χ0v) is 15.5. The average Bonchev–Trinajstić information content (AvgIpc) is 2.95. The first-order chi connectivity index (χ1) is 12.8. The topological polar surface area (TPSA) is 89.5 Å². The summed E-state index contributed by atoms with van der Waals surface area (Å²) < 4.78 is 27.9. The molecular weight excluding hydrogens is 366 g/mol. The highest BCUT2D eigenvalue weighted by Crippen LogP contribution is 2.21. The quantitative estimate of drug-likeness (QED) is 0.631. The number of amides is 1. The molecule has 3 rings (SSSR count). The van der Waals surface area contributed by atoms with Crippen LogP contribution in [0.3, 0.4) is 0 Å². The third-order valence-electron chi connectivity index (χ3n) is 4.06. The molecule has 0 aromatic heterocycles.